The number of carbonyl (C=O) groups is 2. The van der Waals surface area contributed by atoms with Crippen molar-refractivity contribution in [2.75, 3.05) is 6.61 Å². The van der Waals surface area contributed by atoms with Gasteiger partial charge < -0.3 is 4.74 Å². The van der Waals surface area contributed by atoms with Gasteiger partial charge in [-0.25, -0.2) is 12.7 Å². The van der Waals surface area contributed by atoms with Gasteiger partial charge in [-0.2, -0.15) is 0 Å². The summed E-state index contributed by atoms with van der Waals surface area (Å²) in [5, 5.41) is 1.58. The van der Waals surface area contributed by atoms with Crippen LogP contribution in [0, 0.1) is 17.8 Å². The number of Topliss-reactive ketones (excluding diaryl/α,β-unsaturated/α-hetero) is 1. The monoisotopic (exact) mass is 533 g/mol. The van der Waals surface area contributed by atoms with Crippen LogP contribution in [0.25, 0.3) is 10.8 Å². The second-order valence-corrected chi connectivity index (χ2v) is 13.0. The fourth-order valence-corrected chi connectivity index (χ4v) is 8.25. The first-order valence-electron chi connectivity index (χ1n) is 13.4. The number of hydrogen-bond acceptors (Lipinski definition) is 5. The van der Waals surface area contributed by atoms with Crippen molar-refractivity contribution >= 4 is 32.5 Å². The van der Waals surface area contributed by atoms with E-state index in [9.17, 15) is 18.0 Å². The largest absolute Gasteiger partial charge is 0.368 e. The molecule has 1 amide bonds. The molecule has 3 aromatic rings. The molecule has 0 spiro atoms. The van der Waals surface area contributed by atoms with Crippen LogP contribution in [-0.2, 0) is 25.1 Å². The molecule has 1 fully saturated rings. The minimum Gasteiger partial charge on any atom is -0.368 e. The highest BCUT2D eigenvalue weighted by atomic mass is 32.2. The van der Waals surface area contributed by atoms with E-state index in [4.69, 9.17) is 4.74 Å². The molecule has 0 bridgehead atoms. The van der Waals surface area contributed by atoms with Gasteiger partial charge in [0.2, 0.25) is 0 Å². The Labute approximate surface area is 225 Å². The smallest absolute Gasteiger partial charge is 0.268 e. The second-order valence-electron chi connectivity index (χ2n) is 11.3. The normalized spacial score (nSPS) is 26.9. The van der Waals surface area contributed by atoms with Crippen LogP contribution in [0.15, 0.2) is 71.6 Å². The van der Waals surface area contributed by atoms with E-state index < -0.39 is 33.9 Å². The van der Waals surface area contributed by atoms with E-state index in [1.54, 1.807) is 31.2 Å². The summed E-state index contributed by atoms with van der Waals surface area (Å²) in [7, 11) is -4.35. The van der Waals surface area contributed by atoms with Crippen LogP contribution in [0.4, 0.5) is 0 Å². The van der Waals surface area contributed by atoms with Gasteiger partial charge >= 0.3 is 0 Å². The zero-order chi connectivity index (χ0) is 27.2. The van der Waals surface area contributed by atoms with Crippen LogP contribution in [-0.4, -0.2) is 37.1 Å². The van der Waals surface area contributed by atoms with E-state index in [-0.39, 0.29) is 16.6 Å². The van der Waals surface area contributed by atoms with Crippen molar-refractivity contribution in [2.24, 2.45) is 17.8 Å². The van der Waals surface area contributed by atoms with Gasteiger partial charge in [0.25, 0.3) is 15.9 Å². The summed E-state index contributed by atoms with van der Waals surface area (Å²) >= 11 is 0. The first kappa shape index (κ1) is 26.6. The average Bonchev–Trinajstić information content (AvgIpc) is 2.90. The van der Waals surface area contributed by atoms with Crippen LogP contribution in [0.2, 0.25) is 0 Å². The van der Waals surface area contributed by atoms with Crippen molar-refractivity contribution in [1.82, 2.24) is 4.31 Å². The molecule has 3 aromatic carbocycles. The van der Waals surface area contributed by atoms with Gasteiger partial charge in [0.1, 0.15) is 12.1 Å². The van der Waals surface area contributed by atoms with Crippen molar-refractivity contribution in [3.05, 3.63) is 77.9 Å². The summed E-state index contributed by atoms with van der Waals surface area (Å²) in [6.45, 7) is 7.62. The summed E-state index contributed by atoms with van der Waals surface area (Å²) in [4.78, 5) is 28.0. The van der Waals surface area contributed by atoms with Crippen LogP contribution < -0.4 is 0 Å². The molecular formula is C31H35NO5S. The highest BCUT2D eigenvalue weighted by Crippen LogP contribution is 2.45. The molecule has 7 heteroatoms. The Balaban J connectivity index is 1.61. The van der Waals surface area contributed by atoms with Crippen LogP contribution in [0.3, 0.4) is 0 Å². The maximum atomic E-state index is 14.2. The molecule has 1 heterocycles. The third-order valence-electron chi connectivity index (χ3n) is 8.42. The Morgan fingerprint density at radius 2 is 1.71 bits per heavy atom. The highest BCUT2D eigenvalue weighted by Gasteiger charge is 2.56. The minimum atomic E-state index is -4.35. The van der Waals surface area contributed by atoms with E-state index in [2.05, 4.69) is 20.8 Å². The van der Waals surface area contributed by atoms with Gasteiger partial charge in [0.15, 0.2) is 5.78 Å². The lowest BCUT2D eigenvalue weighted by atomic mass is 9.75. The Kier molecular flexibility index (Phi) is 6.95. The summed E-state index contributed by atoms with van der Waals surface area (Å²) in [6, 6.07) is 19.1. The van der Waals surface area contributed by atoms with Gasteiger partial charge in [-0.15, -0.1) is 0 Å². The standard InChI is InChI=1S/C31H35NO5S/c1-20(2)23-17-16-21(3)18-27(23)37-19-29(33)32-31(4,26-14-9-11-22-10-5-6-12-24(22)26)30(34)25-13-7-8-15-28(25)38(32,35)36/h5-15,20-21,23,27H,16-19H2,1-4H3/t21-,23+,27+,31+/m1/s1. The number of carbonyl (C=O) groups excluding carboxylic acids is 2. The first-order chi connectivity index (χ1) is 18.1. The van der Waals surface area contributed by atoms with Gasteiger partial charge in [-0.3, -0.25) is 9.59 Å². The molecular weight excluding hydrogens is 498 g/mol. The minimum absolute atomic E-state index is 0.0916. The number of fused-ring (bicyclic) bond motifs is 2. The quantitative estimate of drug-likeness (QED) is 0.405. The van der Waals surface area contributed by atoms with Crippen LogP contribution >= 0.6 is 0 Å². The Morgan fingerprint density at radius 3 is 2.47 bits per heavy atom. The van der Waals surface area contributed by atoms with Crippen molar-refractivity contribution in [3.8, 4) is 0 Å². The maximum Gasteiger partial charge on any atom is 0.268 e. The Hall–Kier alpha value is -3.03. The predicted octanol–water partition coefficient (Wildman–Crippen LogP) is 5.95. The number of benzene rings is 3. The number of ether oxygens (including phenoxy) is 1. The summed E-state index contributed by atoms with van der Waals surface area (Å²) < 4.78 is 35.2. The van der Waals surface area contributed by atoms with Gasteiger partial charge in [-0.1, -0.05) is 81.8 Å². The molecule has 38 heavy (non-hydrogen) atoms. The average molecular weight is 534 g/mol. The molecule has 0 radical (unpaired) electrons. The lowest BCUT2D eigenvalue weighted by molar-refractivity contribution is -0.140. The molecule has 1 aliphatic carbocycles. The number of sulfonamides is 1. The number of nitrogens with zero attached hydrogens (tertiary/aromatic N) is 1. The van der Waals surface area contributed by atoms with Crippen molar-refractivity contribution in [2.45, 2.75) is 63.5 Å². The molecule has 6 nitrogen and oxygen atoms in total. The molecule has 0 saturated heterocycles. The Morgan fingerprint density at radius 1 is 1.03 bits per heavy atom. The van der Waals surface area contributed by atoms with Crippen molar-refractivity contribution in [1.29, 1.82) is 0 Å². The summed E-state index contributed by atoms with van der Waals surface area (Å²) in [5.74, 6) is -0.0132. The SMILES string of the molecule is CC(C)[C@@H]1CC[C@@H](C)C[C@@H]1OCC(=O)N1[C@@](C)(c2cccc3ccccc23)C(=O)c2ccccc2S1(=O)=O. The van der Waals surface area contributed by atoms with E-state index in [1.165, 1.54) is 12.1 Å². The third kappa shape index (κ3) is 4.26. The molecule has 1 aliphatic heterocycles. The molecule has 0 unspecified atom stereocenters. The van der Waals surface area contributed by atoms with Gasteiger partial charge in [0, 0.05) is 5.56 Å². The van der Waals surface area contributed by atoms with Gasteiger partial charge in [0.05, 0.1) is 11.0 Å². The molecule has 200 valence electrons. The molecule has 5 rings (SSSR count). The van der Waals surface area contributed by atoms with Crippen molar-refractivity contribution in [3.63, 3.8) is 0 Å². The van der Waals surface area contributed by atoms with E-state index >= 15 is 0 Å². The molecule has 0 N–H and O–H groups in total. The summed E-state index contributed by atoms with van der Waals surface area (Å²) in [6.07, 6.45) is 2.81. The maximum absolute atomic E-state index is 14.2. The number of rotatable bonds is 5. The van der Waals surface area contributed by atoms with E-state index in [0.29, 0.717) is 23.3 Å². The number of amides is 1. The van der Waals surface area contributed by atoms with Gasteiger partial charge in [-0.05, 0) is 66.0 Å². The fraction of sp³-hybridized carbons (Fsp3) is 0.419. The lowest BCUT2D eigenvalue weighted by Gasteiger charge is -2.44. The van der Waals surface area contributed by atoms with E-state index in [1.807, 2.05) is 30.3 Å². The Bertz CT molecular complexity index is 1490. The molecule has 1 saturated carbocycles. The third-order valence-corrected chi connectivity index (χ3v) is 10.4. The topological polar surface area (TPSA) is 80.8 Å². The molecule has 2 aliphatic rings. The predicted molar refractivity (Wildman–Crippen MR) is 147 cm³/mol. The first-order valence-corrected chi connectivity index (χ1v) is 14.8. The zero-order valence-electron chi connectivity index (χ0n) is 22.4. The number of hydrogen-bond donors (Lipinski definition) is 0. The van der Waals surface area contributed by atoms with Crippen LogP contribution in [0.1, 0.15) is 62.9 Å². The van der Waals surface area contributed by atoms with E-state index in [0.717, 1.165) is 34.3 Å². The second kappa shape index (κ2) is 9.93. The lowest BCUT2D eigenvalue weighted by Crippen LogP contribution is -2.59. The molecule has 4 atom stereocenters. The zero-order valence-corrected chi connectivity index (χ0v) is 23.2. The number of ketones is 1. The molecule has 0 aromatic heterocycles. The highest BCUT2D eigenvalue weighted by molar-refractivity contribution is 7.90. The fourth-order valence-electron chi connectivity index (χ4n) is 6.38. The van der Waals surface area contributed by atoms with Crippen LogP contribution in [0.5, 0.6) is 0 Å². The summed E-state index contributed by atoms with van der Waals surface area (Å²) in [5.41, 5.74) is -1.21. The van der Waals surface area contributed by atoms with Crippen molar-refractivity contribution < 1.29 is 22.7 Å².